The summed E-state index contributed by atoms with van der Waals surface area (Å²) in [4.78, 5) is 22.0. The molecule has 0 bridgehead atoms. The van der Waals surface area contributed by atoms with E-state index in [1.807, 2.05) is 0 Å². The van der Waals surface area contributed by atoms with Crippen LogP contribution in [0, 0.1) is 5.82 Å². The quantitative estimate of drug-likeness (QED) is 0.340. The Balaban J connectivity index is 1.41. The van der Waals surface area contributed by atoms with E-state index in [0.29, 0.717) is 19.0 Å². The van der Waals surface area contributed by atoms with Gasteiger partial charge in [-0.05, 0) is 48.2 Å². The number of benzene rings is 1. The Labute approximate surface area is 215 Å². The lowest BCUT2D eigenvalue weighted by atomic mass is 9.92. The molecule has 35 heavy (non-hydrogen) atoms. The monoisotopic (exact) mass is 572 g/mol. The SMILES string of the molecule is C=C[C@@H](COc1c(Cl)c(Br)c(F)c2nc(OC[C@@]34CCCN3CC(F)C4)[nH]c(=O)c12)NC1CCC1. The van der Waals surface area contributed by atoms with Crippen molar-refractivity contribution in [3.05, 3.63) is 38.3 Å². The molecule has 2 aliphatic heterocycles. The second-order valence-corrected chi connectivity index (χ2v) is 10.8. The molecule has 0 amide bonds. The smallest absolute Gasteiger partial charge is 0.297 e. The van der Waals surface area contributed by atoms with Gasteiger partial charge in [0, 0.05) is 19.0 Å². The van der Waals surface area contributed by atoms with E-state index < -0.39 is 23.1 Å². The van der Waals surface area contributed by atoms with E-state index in [4.69, 9.17) is 21.1 Å². The van der Waals surface area contributed by atoms with E-state index in [2.05, 4.69) is 42.7 Å². The minimum atomic E-state index is -0.907. The van der Waals surface area contributed by atoms with Crippen LogP contribution >= 0.6 is 27.5 Å². The van der Waals surface area contributed by atoms with Crippen LogP contribution in [-0.2, 0) is 0 Å². The highest BCUT2D eigenvalue weighted by Crippen LogP contribution is 2.42. The van der Waals surface area contributed by atoms with E-state index in [0.717, 1.165) is 32.2 Å². The zero-order chi connectivity index (χ0) is 24.7. The maximum absolute atomic E-state index is 15.2. The lowest BCUT2D eigenvalue weighted by Crippen LogP contribution is -2.44. The molecular weight excluding hydrogens is 546 g/mol. The molecule has 7 nitrogen and oxygen atoms in total. The van der Waals surface area contributed by atoms with Gasteiger partial charge < -0.3 is 14.8 Å². The van der Waals surface area contributed by atoms with Crippen LogP contribution in [0.25, 0.3) is 10.9 Å². The van der Waals surface area contributed by atoms with E-state index in [9.17, 15) is 9.18 Å². The molecule has 0 radical (unpaired) electrons. The van der Waals surface area contributed by atoms with Crippen molar-refractivity contribution in [3.63, 3.8) is 0 Å². The van der Waals surface area contributed by atoms with Crippen molar-refractivity contribution in [2.24, 2.45) is 0 Å². The van der Waals surface area contributed by atoms with E-state index in [1.165, 1.54) is 6.42 Å². The van der Waals surface area contributed by atoms with Gasteiger partial charge in [-0.3, -0.25) is 14.7 Å². The average molecular weight is 574 g/mol. The lowest BCUT2D eigenvalue weighted by molar-refractivity contribution is 0.107. The normalized spacial score (nSPS) is 25.4. The Morgan fingerprint density at radius 2 is 2.20 bits per heavy atom. The van der Waals surface area contributed by atoms with Gasteiger partial charge >= 0.3 is 0 Å². The number of hydrogen-bond acceptors (Lipinski definition) is 6. The molecule has 3 atom stereocenters. The second kappa shape index (κ2) is 9.95. The largest absolute Gasteiger partial charge is 0.489 e. The summed E-state index contributed by atoms with van der Waals surface area (Å²) in [5.41, 5.74) is -1.27. The summed E-state index contributed by atoms with van der Waals surface area (Å²) in [6, 6.07) is 0.117. The molecule has 1 aliphatic carbocycles. The van der Waals surface area contributed by atoms with Crippen LogP contribution in [0.4, 0.5) is 8.78 Å². The Kier molecular flexibility index (Phi) is 7.09. The molecule has 1 aromatic heterocycles. The fourth-order valence-electron chi connectivity index (χ4n) is 5.32. The van der Waals surface area contributed by atoms with Crippen molar-refractivity contribution in [1.29, 1.82) is 0 Å². The van der Waals surface area contributed by atoms with E-state index in [1.54, 1.807) is 6.08 Å². The van der Waals surface area contributed by atoms with Crippen molar-refractivity contribution in [1.82, 2.24) is 20.2 Å². The Bertz CT molecular complexity index is 1190. The molecule has 1 aromatic carbocycles. The van der Waals surface area contributed by atoms with Crippen molar-refractivity contribution in [3.8, 4) is 11.8 Å². The highest BCUT2D eigenvalue weighted by Gasteiger charge is 2.49. The van der Waals surface area contributed by atoms with Gasteiger partial charge in [0.2, 0.25) is 0 Å². The van der Waals surface area contributed by atoms with Crippen molar-refractivity contribution in [2.75, 3.05) is 26.3 Å². The standard InChI is InChI=1S/C24H28BrClF2N4O3/c1-2-14(29-15-5-3-6-15)11-34-21-16-20(19(28)17(25)18(21)26)30-23(31-22(16)33)35-12-24-7-4-8-32(24)10-13(27)9-24/h2,13-15,29H,1,3-12H2,(H,30,31,33)/t13?,14-,24-/m0/s1. The molecule has 2 saturated heterocycles. The maximum atomic E-state index is 15.2. The van der Waals surface area contributed by atoms with Crippen LogP contribution in [0.3, 0.4) is 0 Å². The summed E-state index contributed by atoms with van der Waals surface area (Å²) < 4.78 is 40.9. The number of ether oxygens (including phenoxy) is 2. The first kappa shape index (κ1) is 24.9. The number of alkyl halides is 1. The van der Waals surface area contributed by atoms with Crippen molar-refractivity contribution >= 4 is 38.4 Å². The summed E-state index contributed by atoms with van der Waals surface area (Å²) in [6.45, 7) is 5.36. The molecule has 3 aliphatic rings. The number of aromatic amines is 1. The molecule has 3 heterocycles. The maximum Gasteiger partial charge on any atom is 0.297 e. The van der Waals surface area contributed by atoms with Crippen molar-refractivity contribution < 1.29 is 18.3 Å². The third-order valence-corrected chi connectivity index (χ3v) is 8.74. The van der Waals surface area contributed by atoms with Crippen LogP contribution in [0.15, 0.2) is 21.9 Å². The number of nitrogens with one attached hydrogen (secondary N) is 2. The summed E-state index contributed by atoms with van der Waals surface area (Å²) >= 11 is 9.53. The number of fused-ring (bicyclic) bond motifs is 2. The Morgan fingerprint density at radius 1 is 1.40 bits per heavy atom. The van der Waals surface area contributed by atoms with Gasteiger partial charge in [-0.1, -0.05) is 24.1 Å². The van der Waals surface area contributed by atoms with Crippen molar-refractivity contribution in [2.45, 2.75) is 62.3 Å². The fourth-order valence-corrected chi connectivity index (χ4v) is 5.92. The first-order chi connectivity index (χ1) is 16.8. The molecule has 5 rings (SSSR count). The molecule has 1 saturated carbocycles. The number of aromatic nitrogens is 2. The number of rotatable bonds is 9. The van der Waals surface area contributed by atoms with Crippen LogP contribution < -0.4 is 20.3 Å². The zero-order valence-electron chi connectivity index (χ0n) is 19.2. The molecule has 1 unspecified atom stereocenters. The van der Waals surface area contributed by atoms with Crippen LogP contribution in [0.5, 0.6) is 11.8 Å². The van der Waals surface area contributed by atoms with Gasteiger partial charge in [0.25, 0.3) is 11.6 Å². The minimum Gasteiger partial charge on any atom is -0.489 e. The lowest BCUT2D eigenvalue weighted by Gasteiger charge is -2.31. The van der Waals surface area contributed by atoms with Gasteiger partial charge in [0.1, 0.15) is 35.3 Å². The first-order valence-electron chi connectivity index (χ1n) is 11.9. The average Bonchev–Trinajstić information content (AvgIpc) is 3.32. The molecule has 2 N–H and O–H groups in total. The second-order valence-electron chi connectivity index (χ2n) is 9.68. The van der Waals surface area contributed by atoms with Gasteiger partial charge in [-0.25, -0.2) is 8.78 Å². The predicted molar refractivity (Wildman–Crippen MR) is 134 cm³/mol. The summed E-state index contributed by atoms with van der Waals surface area (Å²) in [5.74, 6) is -0.749. The van der Waals surface area contributed by atoms with Gasteiger partial charge in [-0.2, -0.15) is 4.98 Å². The third kappa shape index (κ3) is 4.70. The van der Waals surface area contributed by atoms with E-state index >= 15 is 4.39 Å². The Morgan fingerprint density at radius 3 is 2.91 bits per heavy atom. The highest BCUT2D eigenvalue weighted by molar-refractivity contribution is 9.10. The van der Waals surface area contributed by atoms with Gasteiger partial charge in [0.15, 0.2) is 11.6 Å². The molecule has 3 fully saturated rings. The summed E-state index contributed by atoms with van der Waals surface area (Å²) in [7, 11) is 0. The number of hydrogen-bond donors (Lipinski definition) is 2. The Hall–Kier alpha value is -1.75. The van der Waals surface area contributed by atoms with Gasteiger partial charge in [0.05, 0.1) is 16.1 Å². The van der Waals surface area contributed by atoms with Crippen LogP contribution in [0.2, 0.25) is 5.02 Å². The van der Waals surface area contributed by atoms with Crippen LogP contribution in [0.1, 0.15) is 38.5 Å². The molecular formula is C24H28BrClF2N4O3. The molecule has 2 aromatic rings. The number of H-pyrrole nitrogens is 1. The first-order valence-corrected chi connectivity index (χ1v) is 13.1. The fraction of sp³-hybridized carbons (Fsp3) is 0.583. The third-order valence-electron chi connectivity index (χ3n) is 7.40. The number of halogens is 4. The molecule has 11 heteroatoms. The predicted octanol–water partition coefficient (Wildman–Crippen LogP) is 4.51. The minimum absolute atomic E-state index is 0.0362. The van der Waals surface area contributed by atoms with Gasteiger partial charge in [-0.15, -0.1) is 6.58 Å². The zero-order valence-corrected chi connectivity index (χ0v) is 21.6. The summed E-state index contributed by atoms with van der Waals surface area (Å²) in [6.07, 6.45) is 6.33. The summed E-state index contributed by atoms with van der Waals surface area (Å²) in [5, 5.41) is 3.28. The highest BCUT2D eigenvalue weighted by atomic mass is 79.9. The van der Waals surface area contributed by atoms with E-state index in [-0.39, 0.29) is 51.4 Å². The molecule has 0 spiro atoms. The topological polar surface area (TPSA) is 79.5 Å². The number of nitrogens with zero attached hydrogens (tertiary/aromatic N) is 2. The molecule has 190 valence electrons. The van der Waals surface area contributed by atoms with Crippen LogP contribution in [-0.4, -0.2) is 65.0 Å².